The second-order valence-electron chi connectivity index (χ2n) is 9.41. The number of rotatable bonds is 7. The maximum Gasteiger partial charge on any atom is 0.229 e. The first-order chi connectivity index (χ1) is 18.6. The zero-order valence-corrected chi connectivity index (χ0v) is 23.5. The van der Waals surface area contributed by atoms with Crippen LogP contribution in [-0.2, 0) is 10.0 Å². The van der Waals surface area contributed by atoms with E-state index in [9.17, 15) is 13.5 Å². The Morgan fingerprint density at radius 3 is 2.49 bits per heavy atom. The molecular formula is C28H29N5O4S2. The Hall–Kier alpha value is -4.09. The molecule has 1 aliphatic heterocycles. The number of thiocarbonyl (C=S) groups is 1. The van der Waals surface area contributed by atoms with Gasteiger partial charge in [0.25, 0.3) is 0 Å². The summed E-state index contributed by atoms with van der Waals surface area (Å²) in [6, 6.07) is 19.7. The maximum absolute atomic E-state index is 12.1. The molecule has 1 fully saturated rings. The normalized spacial score (nSPS) is 17.2. The van der Waals surface area contributed by atoms with Crippen molar-refractivity contribution in [3.8, 4) is 17.2 Å². The van der Waals surface area contributed by atoms with E-state index in [4.69, 9.17) is 17.0 Å². The molecule has 0 spiro atoms. The average molecular weight is 564 g/mol. The van der Waals surface area contributed by atoms with Gasteiger partial charge in [-0.25, -0.2) is 8.42 Å². The van der Waals surface area contributed by atoms with Crippen LogP contribution in [0.5, 0.6) is 11.5 Å². The van der Waals surface area contributed by atoms with Crippen LogP contribution in [0.4, 0.5) is 11.4 Å². The van der Waals surface area contributed by atoms with Crippen LogP contribution in [0, 0.1) is 13.8 Å². The van der Waals surface area contributed by atoms with Crippen molar-refractivity contribution in [3.05, 3.63) is 95.6 Å². The van der Waals surface area contributed by atoms with E-state index in [-0.39, 0.29) is 17.8 Å². The number of methoxy groups -OCH3 is 1. The summed E-state index contributed by atoms with van der Waals surface area (Å²) in [5, 5.41) is 14.5. The number of benzene rings is 2. The van der Waals surface area contributed by atoms with Crippen LogP contribution in [-0.4, -0.2) is 41.6 Å². The first-order valence-corrected chi connectivity index (χ1v) is 14.5. The molecule has 0 unspecified atom stereocenters. The Labute approximate surface area is 233 Å². The van der Waals surface area contributed by atoms with E-state index < -0.39 is 10.0 Å². The predicted octanol–water partition coefficient (Wildman–Crippen LogP) is 4.75. The molecule has 0 saturated carbocycles. The van der Waals surface area contributed by atoms with Crippen molar-refractivity contribution in [1.82, 2.24) is 14.9 Å². The van der Waals surface area contributed by atoms with E-state index in [1.165, 1.54) is 7.11 Å². The second-order valence-corrected chi connectivity index (χ2v) is 11.5. The highest BCUT2D eigenvalue weighted by Gasteiger charge is 2.42. The van der Waals surface area contributed by atoms with E-state index in [1.807, 2.05) is 59.7 Å². The lowest BCUT2D eigenvalue weighted by molar-refractivity contribution is 0.417. The highest BCUT2D eigenvalue weighted by molar-refractivity contribution is 7.92. The molecular weight excluding hydrogens is 534 g/mol. The summed E-state index contributed by atoms with van der Waals surface area (Å²) >= 11 is 5.86. The highest BCUT2D eigenvalue weighted by Crippen LogP contribution is 2.45. The number of aryl methyl sites for hydroxylation is 1. The lowest BCUT2D eigenvalue weighted by atomic mass is 9.96. The van der Waals surface area contributed by atoms with E-state index in [2.05, 4.69) is 21.1 Å². The third-order valence-corrected chi connectivity index (χ3v) is 7.67. The molecule has 3 N–H and O–H groups in total. The molecule has 0 bridgehead atoms. The number of phenols is 1. The van der Waals surface area contributed by atoms with Crippen molar-refractivity contribution in [3.63, 3.8) is 0 Å². The summed E-state index contributed by atoms with van der Waals surface area (Å²) in [7, 11) is -2.08. The fraction of sp³-hybridized carbons (Fsp3) is 0.214. The van der Waals surface area contributed by atoms with Crippen molar-refractivity contribution in [2.75, 3.05) is 23.0 Å². The Kier molecular flexibility index (Phi) is 6.96. The summed E-state index contributed by atoms with van der Waals surface area (Å²) in [6.07, 6.45) is 2.83. The van der Waals surface area contributed by atoms with Gasteiger partial charge >= 0.3 is 0 Å². The number of ether oxygens (including phenoxy) is 1. The van der Waals surface area contributed by atoms with Crippen LogP contribution < -0.4 is 19.7 Å². The third-order valence-electron chi connectivity index (χ3n) is 6.77. The standard InChI is InChI=1S/C28H29N5O4S2/c1-17-15-20(18(2)32(17)23-10-5-6-11-24(23)34)27-26(21-9-7-8-14-29-21)30-28(38)33(27)19-12-13-25(37-3)22(16-19)31-39(4,35)36/h5-16,26-27,31,34H,1-4H3,(H,30,38)/t26-,27-/m1/s1. The molecule has 0 amide bonds. The van der Waals surface area contributed by atoms with Crippen LogP contribution in [0.1, 0.15) is 34.7 Å². The molecule has 3 heterocycles. The van der Waals surface area contributed by atoms with Crippen molar-refractivity contribution >= 4 is 38.7 Å². The Bertz CT molecular complexity index is 1650. The van der Waals surface area contributed by atoms with Gasteiger partial charge in [-0.05, 0) is 80.2 Å². The van der Waals surface area contributed by atoms with Gasteiger partial charge in [0.05, 0.1) is 42.5 Å². The molecule has 2 aromatic carbocycles. The maximum atomic E-state index is 12.1. The monoisotopic (exact) mass is 563 g/mol. The topological polar surface area (TPSA) is 109 Å². The molecule has 202 valence electrons. The molecule has 9 nitrogen and oxygen atoms in total. The van der Waals surface area contributed by atoms with Crippen LogP contribution in [0.3, 0.4) is 0 Å². The van der Waals surface area contributed by atoms with Crippen LogP contribution >= 0.6 is 12.2 Å². The minimum atomic E-state index is -3.56. The second kappa shape index (κ2) is 10.2. The van der Waals surface area contributed by atoms with Crippen molar-refractivity contribution in [2.24, 2.45) is 0 Å². The average Bonchev–Trinajstić information content (AvgIpc) is 3.39. The predicted molar refractivity (Wildman–Crippen MR) is 156 cm³/mol. The molecule has 4 aromatic rings. The van der Waals surface area contributed by atoms with Gasteiger partial charge in [-0.1, -0.05) is 18.2 Å². The molecule has 2 aromatic heterocycles. The van der Waals surface area contributed by atoms with Gasteiger partial charge in [0.15, 0.2) is 5.11 Å². The fourth-order valence-corrected chi connectivity index (χ4v) is 6.09. The SMILES string of the molecule is COc1ccc(N2C(=S)N[C@H](c3ccccn3)[C@H]2c2cc(C)n(-c3ccccc3O)c2C)cc1NS(C)(=O)=O. The molecule has 11 heteroatoms. The number of hydrogen-bond acceptors (Lipinski definition) is 6. The van der Waals surface area contributed by atoms with Gasteiger partial charge in [-0.3, -0.25) is 9.71 Å². The lowest BCUT2D eigenvalue weighted by Crippen LogP contribution is -2.29. The molecule has 39 heavy (non-hydrogen) atoms. The number of anilines is 2. The molecule has 5 rings (SSSR count). The first-order valence-electron chi connectivity index (χ1n) is 12.2. The number of pyridine rings is 1. The van der Waals surface area contributed by atoms with Gasteiger partial charge < -0.3 is 24.6 Å². The molecule has 0 radical (unpaired) electrons. The van der Waals surface area contributed by atoms with Crippen LogP contribution in [0.15, 0.2) is 72.9 Å². The van der Waals surface area contributed by atoms with Gasteiger partial charge in [-0.2, -0.15) is 0 Å². The number of para-hydroxylation sites is 2. The highest BCUT2D eigenvalue weighted by atomic mass is 32.2. The first kappa shape index (κ1) is 26.5. The number of nitrogens with zero attached hydrogens (tertiary/aromatic N) is 3. The van der Waals surface area contributed by atoms with Gasteiger partial charge in [0.1, 0.15) is 11.5 Å². The van der Waals surface area contributed by atoms with E-state index in [0.29, 0.717) is 27.9 Å². The third kappa shape index (κ3) is 5.02. The minimum absolute atomic E-state index is 0.177. The van der Waals surface area contributed by atoms with E-state index in [0.717, 1.165) is 28.9 Å². The number of nitrogens with one attached hydrogen (secondary N) is 2. The fourth-order valence-electron chi connectivity index (χ4n) is 5.19. The zero-order valence-electron chi connectivity index (χ0n) is 21.9. The summed E-state index contributed by atoms with van der Waals surface area (Å²) in [4.78, 5) is 6.59. The number of phenolic OH excluding ortho intramolecular Hbond substituents is 1. The van der Waals surface area contributed by atoms with Crippen molar-refractivity contribution in [1.29, 1.82) is 0 Å². The van der Waals surface area contributed by atoms with Gasteiger partial charge in [0.2, 0.25) is 10.0 Å². The molecule has 2 atom stereocenters. The quantitative estimate of drug-likeness (QED) is 0.277. The smallest absolute Gasteiger partial charge is 0.229 e. The van der Waals surface area contributed by atoms with E-state index in [1.54, 1.807) is 30.5 Å². The summed E-state index contributed by atoms with van der Waals surface area (Å²) in [6.45, 7) is 4.00. The Morgan fingerprint density at radius 2 is 1.82 bits per heavy atom. The zero-order chi connectivity index (χ0) is 27.9. The van der Waals surface area contributed by atoms with Crippen LogP contribution in [0.2, 0.25) is 0 Å². The number of sulfonamides is 1. The van der Waals surface area contributed by atoms with Gasteiger partial charge in [-0.15, -0.1) is 0 Å². The number of aromatic nitrogens is 2. The Morgan fingerprint density at radius 1 is 1.08 bits per heavy atom. The minimum Gasteiger partial charge on any atom is -0.506 e. The van der Waals surface area contributed by atoms with Crippen molar-refractivity contribution < 1.29 is 18.3 Å². The van der Waals surface area contributed by atoms with Crippen LogP contribution in [0.25, 0.3) is 5.69 Å². The summed E-state index contributed by atoms with van der Waals surface area (Å²) < 4.78 is 34.1. The molecule has 0 aliphatic carbocycles. The number of hydrogen-bond donors (Lipinski definition) is 3. The van der Waals surface area contributed by atoms with Crippen molar-refractivity contribution in [2.45, 2.75) is 25.9 Å². The molecule has 1 aliphatic rings. The molecule has 1 saturated heterocycles. The Balaban J connectivity index is 1.69. The summed E-state index contributed by atoms with van der Waals surface area (Å²) in [5.41, 5.74) is 5.32. The summed E-state index contributed by atoms with van der Waals surface area (Å²) in [5.74, 6) is 0.563. The van der Waals surface area contributed by atoms with Gasteiger partial charge in [0, 0.05) is 23.3 Å². The van der Waals surface area contributed by atoms with E-state index >= 15 is 0 Å². The number of aromatic hydroxyl groups is 1. The lowest BCUT2D eigenvalue weighted by Gasteiger charge is -2.29. The largest absolute Gasteiger partial charge is 0.506 e.